The summed E-state index contributed by atoms with van der Waals surface area (Å²) in [5.74, 6) is -0.278. The number of amides is 1. The first-order chi connectivity index (χ1) is 10.4. The summed E-state index contributed by atoms with van der Waals surface area (Å²) in [6, 6.07) is 8.93. The van der Waals surface area contributed by atoms with Gasteiger partial charge in [0.1, 0.15) is 0 Å². The molecule has 1 aliphatic heterocycles. The maximum atomic E-state index is 12.3. The lowest BCUT2D eigenvalue weighted by Gasteiger charge is -2.09. The van der Waals surface area contributed by atoms with Crippen molar-refractivity contribution < 1.29 is 13.2 Å². The molecule has 1 aromatic heterocycles. The molecule has 1 aliphatic rings. The Morgan fingerprint density at radius 1 is 1.27 bits per heavy atom. The van der Waals surface area contributed by atoms with Crippen molar-refractivity contribution in [3.05, 3.63) is 41.7 Å². The van der Waals surface area contributed by atoms with Crippen molar-refractivity contribution in [1.82, 2.24) is 20.3 Å². The molecule has 0 bridgehead atoms. The highest BCUT2D eigenvalue weighted by molar-refractivity contribution is 7.91. The Morgan fingerprint density at radius 2 is 2.00 bits per heavy atom. The zero-order valence-corrected chi connectivity index (χ0v) is 12.9. The first-order valence-electron chi connectivity index (χ1n) is 6.95. The summed E-state index contributed by atoms with van der Waals surface area (Å²) in [4.78, 5) is 13.7. The summed E-state index contributed by atoms with van der Waals surface area (Å²) in [7, 11) is -3.03. The minimum Gasteiger partial charge on any atom is -0.347 e. The van der Waals surface area contributed by atoms with Gasteiger partial charge in [0.15, 0.2) is 15.5 Å². The number of carbonyl (C=O) groups is 1. The minimum absolute atomic E-state index is 0.00932. The third-order valence-electron chi connectivity index (χ3n) is 3.55. The zero-order chi connectivity index (χ0) is 15.7. The first kappa shape index (κ1) is 14.7. The van der Waals surface area contributed by atoms with Gasteiger partial charge in [0.2, 0.25) is 0 Å². The smallest absolute Gasteiger partial charge is 0.274 e. The summed E-state index contributed by atoms with van der Waals surface area (Å²) in [5, 5.41) is 11.2. The van der Waals surface area contributed by atoms with Crippen LogP contribution < -0.4 is 5.32 Å². The number of hydrogen-bond donors (Lipinski definition) is 1. The van der Waals surface area contributed by atoms with E-state index >= 15 is 0 Å². The van der Waals surface area contributed by atoms with Gasteiger partial charge in [-0.3, -0.25) is 4.79 Å². The van der Waals surface area contributed by atoms with Gasteiger partial charge in [0, 0.05) is 6.04 Å². The number of benzene rings is 1. The number of para-hydroxylation sites is 1. The monoisotopic (exact) mass is 320 g/mol. The molecule has 0 aliphatic carbocycles. The van der Waals surface area contributed by atoms with Crippen molar-refractivity contribution in [2.75, 3.05) is 11.5 Å². The molecule has 1 N–H and O–H groups in total. The van der Waals surface area contributed by atoms with Crippen molar-refractivity contribution in [3.63, 3.8) is 0 Å². The van der Waals surface area contributed by atoms with E-state index in [2.05, 4.69) is 15.5 Å². The summed E-state index contributed by atoms with van der Waals surface area (Å²) < 4.78 is 22.9. The summed E-state index contributed by atoms with van der Waals surface area (Å²) in [6.07, 6.45) is 0.444. The first-order valence-corrected chi connectivity index (χ1v) is 8.77. The van der Waals surface area contributed by atoms with Crippen LogP contribution in [0.5, 0.6) is 0 Å². The molecule has 1 amide bonds. The molecule has 22 heavy (non-hydrogen) atoms. The fourth-order valence-electron chi connectivity index (χ4n) is 2.43. The predicted molar refractivity (Wildman–Crippen MR) is 80.6 cm³/mol. The van der Waals surface area contributed by atoms with Crippen LogP contribution in [-0.4, -0.2) is 46.9 Å². The van der Waals surface area contributed by atoms with Gasteiger partial charge in [-0.2, -0.15) is 9.90 Å². The number of rotatable bonds is 3. The van der Waals surface area contributed by atoms with Crippen molar-refractivity contribution in [2.24, 2.45) is 0 Å². The predicted octanol–water partition coefficient (Wildman–Crippen LogP) is 0.493. The highest BCUT2D eigenvalue weighted by Gasteiger charge is 2.30. The van der Waals surface area contributed by atoms with E-state index in [-0.39, 0.29) is 29.1 Å². The van der Waals surface area contributed by atoms with Crippen LogP contribution in [0.15, 0.2) is 30.3 Å². The van der Waals surface area contributed by atoms with Crippen molar-refractivity contribution in [1.29, 1.82) is 0 Å². The van der Waals surface area contributed by atoms with Crippen LogP contribution in [0.2, 0.25) is 0 Å². The molecule has 0 saturated carbocycles. The van der Waals surface area contributed by atoms with Gasteiger partial charge in [0.25, 0.3) is 5.91 Å². The van der Waals surface area contributed by atoms with E-state index in [1.165, 1.54) is 4.80 Å². The maximum absolute atomic E-state index is 12.3. The van der Waals surface area contributed by atoms with Crippen molar-refractivity contribution in [2.45, 2.75) is 19.4 Å². The number of aryl methyl sites for hydroxylation is 1. The van der Waals surface area contributed by atoms with Crippen molar-refractivity contribution in [3.8, 4) is 5.69 Å². The molecule has 3 rings (SSSR count). The largest absolute Gasteiger partial charge is 0.347 e. The molecule has 8 heteroatoms. The quantitative estimate of drug-likeness (QED) is 0.888. The molecule has 7 nitrogen and oxygen atoms in total. The normalized spacial score (nSPS) is 20.0. The van der Waals surface area contributed by atoms with Crippen molar-refractivity contribution >= 4 is 15.7 Å². The molecule has 1 saturated heterocycles. The molecule has 0 unspecified atom stereocenters. The maximum Gasteiger partial charge on any atom is 0.274 e. The van der Waals surface area contributed by atoms with Crippen LogP contribution in [0.3, 0.4) is 0 Å². The Balaban J connectivity index is 1.78. The highest BCUT2D eigenvalue weighted by atomic mass is 32.2. The van der Waals surface area contributed by atoms with E-state index < -0.39 is 9.84 Å². The van der Waals surface area contributed by atoms with Crippen LogP contribution in [0.25, 0.3) is 5.69 Å². The molecule has 116 valence electrons. The molecule has 2 aromatic rings. The van der Waals surface area contributed by atoms with Crippen LogP contribution in [-0.2, 0) is 9.84 Å². The summed E-state index contributed by atoms with van der Waals surface area (Å²) >= 11 is 0. The van der Waals surface area contributed by atoms with Gasteiger partial charge < -0.3 is 5.32 Å². The SMILES string of the molecule is Cc1nn(-c2ccccc2)nc1C(=O)N[C@@H]1CCS(=O)(=O)C1. The molecular formula is C14H16N4O3S. The zero-order valence-electron chi connectivity index (χ0n) is 12.1. The molecule has 0 spiro atoms. The second kappa shape index (κ2) is 5.53. The fourth-order valence-corrected chi connectivity index (χ4v) is 4.10. The average molecular weight is 320 g/mol. The van der Waals surface area contributed by atoms with E-state index in [1.54, 1.807) is 6.92 Å². The van der Waals surface area contributed by atoms with Crippen LogP contribution in [0.1, 0.15) is 22.6 Å². The second-order valence-electron chi connectivity index (χ2n) is 5.33. The standard InChI is InChI=1S/C14H16N4O3S/c1-10-13(14(19)15-11-7-8-22(20,21)9-11)17-18(16-10)12-5-3-2-4-6-12/h2-6,11H,7-9H2,1H3,(H,15,19)/t11-/m1/s1. The molecule has 2 heterocycles. The third kappa shape index (κ3) is 3.01. The van der Waals surface area contributed by atoms with E-state index in [0.29, 0.717) is 12.1 Å². The van der Waals surface area contributed by atoms with Gasteiger partial charge in [-0.25, -0.2) is 8.42 Å². The van der Waals surface area contributed by atoms with Gasteiger partial charge in [-0.1, -0.05) is 18.2 Å². The topological polar surface area (TPSA) is 93.9 Å². The Hall–Kier alpha value is -2.22. The molecule has 1 atom stereocenters. The van der Waals surface area contributed by atoms with E-state index in [9.17, 15) is 13.2 Å². The third-order valence-corrected chi connectivity index (χ3v) is 5.32. The molecule has 1 aromatic carbocycles. The van der Waals surface area contributed by atoms with Gasteiger partial charge in [0.05, 0.1) is 22.9 Å². The molecule has 1 fully saturated rings. The van der Waals surface area contributed by atoms with Crippen LogP contribution in [0.4, 0.5) is 0 Å². The highest BCUT2D eigenvalue weighted by Crippen LogP contribution is 2.13. The molecular weight excluding hydrogens is 304 g/mol. The van der Waals surface area contributed by atoms with E-state index in [0.717, 1.165) is 5.69 Å². The fraction of sp³-hybridized carbons (Fsp3) is 0.357. The lowest BCUT2D eigenvalue weighted by Crippen LogP contribution is -2.36. The lowest BCUT2D eigenvalue weighted by molar-refractivity contribution is 0.0935. The second-order valence-corrected chi connectivity index (χ2v) is 7.56. The van der Waals surface area contributed by atoms with Gasteiger partial charge in [-0.15, -0.1) is 5.10 Å². The van der Waals surface area contributed by atoms with Crippen LogP contribution >= 0.6 is 0 Å². The van der Waals surface area contributed by atoms with E-state index in [4.69, 9.17) is 0 Å². The number of sulfone groups is 1. The minimum atomic E-state index is -3.03. The summed E-state index contributed by atoms with van der Waals surface area (Å²) in [6.45, 7) is 1.70. The van der Waals surface area contributed by atoms with Crippen LogP contribution in [0, 0.1) is 6.92 Å². The Labute approximate surface area is 128 Å². The Bertz CT molecular complexity index is 799. The van der Waals surface area contributed by atoms with E-state index in [1.807, 2.05) is 30.3 Å². The molecule has 0 radical (unpaired) electrons. The Morgan fingerprint density at radius 3 is 2.64 bits per heavy atom. The lowest BCUT2D eigenvalue weighted by atomic mass is 10.2. The average Bonchev–Trinajstić information content (AvgIpc) is 3.02. The summed E-state index contributed by atoms with van der Waals surface area (Å²) in [5.41, 5.74) is 1.48. The number of aromatic nitrogens is 3. The van der Waals surface area contributed by atoms with Gasteiger partial charge in [-0.05, 0) is 25.5 Å². The number of nitrogens with one attached hydrogen (secondary N) is 1. The number of hydrogen-bond acceptors (Lipinski definition) is 5. The Kier molecular flexibility index (Phi) is 3.69. The number of nitrogens with zero attached hydrogens (tertiary/aromatic N) is 3. The number of carbonyl (C=O) groups excluding carboxylic acids is 1. The van der Waals surface area contributed by atoms with Gasteiger partial charge >= 0.3 is 0 Å².